The molecular weight excluding hydrogens is 381 g/mol. The number of hydrogen-bond acceptors (Lipinski definition) is 7. The number of nitrogen functional groups attached to an aromatic ring is 1. The van der Waals surface area contributed by atoms with Crippen molar-refractivity contribution < 1.29 is 14.0 Å². The Morgan fingerprint density at radius 2 is 1.89 bits per heavy atom. The highest BCUT2D eigenvalue weighted by Crippen LogP contribution is 2.35. The quantitative estimate of drug-likeness (QED) is 0.616. The topological polar surface area (TPSA) is 115 Å². The van der Waals surface area contributed by atoms with Gasteiger partial charge in [0, 0.05) is 23.1 Å². The molecule has 0 aliphatic carbocycles. The highest BCUT2D eigenvalue weighted by atomic mass is 32.1. The van der Waals surface area contributed by atoms with E-state index >= 15 is 0 Å². The van der Waals surface area contributed by atoms with E-state index in [2.05, 4.69) is 9.97 Å². The highest BCUT2D eigenvalue weighted by molar-refractivity contribution is 7.18. The molecule has 2 aromatic heterocycles. The Kier molecular flexibility index (Phi) is 5.36. The van der Waals surface area contributed by atoms with Crippen LogP contribution in [0.15, 0.2) is 42.6 Å². The van der Waals surface area contributed by atoms with E-state index in [4.69, 9.17) is 11.5 Å². The Balaban J connectivity index is 2.05. The number of anilines is 3. The van der Waals surface area contributed by atoms with Gasteiger partial charge in [-0.25, -0.2) is 9.37 Å². The first-order chi connectivity index (χ1) is 13.3. The van der Waals surface area contributed by atoms with Crippen LogP contribution >= 0.6 is 11.3 Å². The Morgan fingerprint density at radius 3 is 2.50 bits per heavy atom. The van der Waals surface area contributed by atoms with Gasteiger partial charge in [0.25, 0.3) is 0 Å². The van der Waals surface area contributed by atoms with Crippen LogP contribution in [-0.2, 0) is 4.79 Å². The Morgan fingerprint density at radius 1 is 1.21 bits per heavy atom. The summed E-state index contributed by atoms with van der Waals surface area (Å²) in [6, 6.07) is 7.99. The smallest absolute Gasteiger partial charge is 0.240 e. The fourth-order valence-corrected chi connectivity index (χ4v) is 3.68. The summed E-state index contributed by atoms with van der Waals surface area (Å²) < 4.78 is 13.3. The van der Waals surface area contributed by atoms with Crippen molar-refractivity contribution in [3.8, 4) is 0 Å². The van der Waals surface area contributed by atoms with E-state index in [0.29, 0.717) is 22.1 Å². The van der Waals surface area contributed by atoms with Crippen LogP contribution in [0.5, 0.6) is 0 Å². The Labute approximate surface area is 164 Å². The largest absolute Gasteiger partial charge is 0.382 e. The van der Waals surface area contributed by atoms with Crippen LogP contribution in [0.3, 0.4) is 0 Å². The molecule has 0 saturated carbocycles. The molecule has 0 spiro atoms. The van der Waals surface area contributed by atoms with Crippen molar-refractivity contribution in [2.45, 2.75) is 19.9 Å². The molecule has 3 aromatic rings. The molecule has 144 valence electrons. The number of aryl methyl sites for hydroxylation is 1. The lowest BCUT2D eigenvalue weighted by Crippen LogP contribution is -2.39. The molecule has 1 amide bonds. The second-order valence-electron chi connectivity index (χ2n) is 6.15. The molecule has 0 radical (unpaired) electrons. The van der Waals surface area contributed by atoms with Gasteiger partial charge in [0.15, 0.2) is 5.13 Å². The zero-order valence-electron chi connectivity index (χ0n) is 15.2. The highest BCUT2D eigenvalue weighted by Gasteiger charge is 2.27. The summed E-state index contributed by atoms with van der Waals surface area (Å²) in [5.74, 6) is -1.27. The van der Waals surface area contributed by atoms with Gasteiger partial charge >= 0.3 is 0 Å². The molecular formula is C19H18FN5O2S. The summed E-state index contributed by atoms with van der Waals surface area (Å²) in [4.78, 5) is 34.8. The van der Waals surface area contributed by atoms with Gasteiger partial charge in [-0.2, -0.15) is 0 Å². The Hall–Kier alpha value is -3.33. The van der Waals surface area contributed by atoms with Crippen molar-refractivity contribution in [1.29, 1.82) is 0 Å². The Bertz CT molecular complexity index is 1040. The standard InChI is InChI=1S/C19H18FN5O2S/c1-10-9-12(7-8-23-10)15(26)16-17(21)24-19(28-16)25(11(2)18(22)27)14-5-3-13(20)4-6-14/h3-9,11H,21H2,1-2H3,(H2,22,27)/t11-/m1/s1. The molecule has 7 nitrogen and oxygen atoms in total. The number of carbonyl (C=O) groups is 2. The molecule has 0 bridgehead atoms. The fraction of sp³-hybridized carbons (Fsp3) is 0.158. The van der Waals surface area contributed by atoms with E-state index in [-0.39, 0.29) is 16.5 Å². The predicted molar refractivity (Wildman–Crippen MR) is 106 cm³/mol. The summed E-state index contributed by atoms with van der Waals surface area (Å²) in [5, 5.41) is 0.310. The first-order valence-corrected chi connectivity index (χ1v) is 9.17. The summed E-state index contributed by atoms with van der Waals surface area (Å²) in [7, 11) is 0. The number of nitrogens with zero attached hydrogens (tertiary/aromatic N) is 3. The number of pyridine rings is 1. The van der Waals surface area contributed by atoms with E-state index in [1.165, 1.54) is 29.2 Å². The molecule has 0 unspecified atom stereocenters. The summed E-state index contributed by atoms with van der Waals surface area (Å²) in [6.45, 7) is 3.38. The summed E-state index contributed by atoms with van der Waals surface area (Å²) in [5.41, 5.74) is 13.1. The molecule has 0 fully saturated rings. The summed E-state index contributed by atoms with van der Waals surface area (Å²) in [6.07, 6.45) is 1.54. The number of ketones is 1. The number of aromatic nitrogens is 2. The van der Waals surface area contributed by atoms with Crippen LogP contribution in [0, 0.1) is 12.7 Å². The zero-order chi connectivity index (χ0) is 20.4. The number of nitrogens with two attached hydrogens (primary N) is 2. The minimum absolute atomic E-state index is 0.0447. The third kappa shape index (κ3) is 3.84. The van der Waals surface area contributed by atoms with Crippen molar-refractivity contribution in [3.63, 3.8) is 0 Å². The predicted octanol–water partition coefficient (Wildman–Crippen LogP) is 2.81. The second-order valence-corrected chi connectivity index (χ2v) is 7.13. The average Bonchev–Trinajstić information content (AvgIpc) is 3.04. The minimum Gasteiger partial charge on any atom is -0.382 e. The molecule has 4 N–H and O–H groups in total. The van der Waals surface area contributed by atoms with Gasteiger partial charge in [0.1, 0.15) is 22.6 Å². The van der Waals surface area contributed by atoms with Gasteiger partial charge in [0.2, 0.25) is 11.7 Å². The first kappa shape index (κ1) is 19.4. The SMILES string of the molecule is Cc1cc(C(=O)c2sc(N(c3ccc(F)cc3)[C@H](C)C(N)=O)nc2N)ccn1. The molecule has 0 aliphatic rings. The maximum atomic E-state index is 13.3. The number of hydrogen-bond donors (Lipinski definition) is 2. The lowest BCUT2D eigenvalue weighted by atomic mass is 10.1. The van der Waals surface area contributed by atoms with E-state index in [1.54, 1.807) is 32.2 Å². The number of primary amides is 1. The van der Waals surface area contributed by atoms with E-state index < -0.39 is 17.8 Å². The maximum Gasteiger partial charge on any atom is 0.240 e. The van der Waals surface area contributed by atoms with Gasteiger partial charge in [0.05, 0.1) is 0 Å². The molecule has 1 aromatic carbocycles. The normalized spacial score (nSPS) is 11.8. The van der Waals surface area contributed by atoms with E-state index in [9.17, 15) is 14.0 Å². The minimum atomic E-state index is -0.790. The van der Waals surface area contributed by atoms with Crippen LogP contribution in [0.2, 0.25) is 0 Å². The van der Waals surface area contributed by atoms with Crippen molar-refractivity contribution in [2.75, 3.05) is 10.6 Å². The van der Waals surface area contributed by atoms with E-state index in [1.807, 2.05) is 0 Å². The average molecular weight is 399 g/mol. The van der Waals surface area contributed by atoms with Crippen molar-refractivity contribution in [2.24, 2.45) is 5.73 Å². The number of halogens is 1. The molecule has 9 heteroatoms. The van der Waals surface area contributed by atoms with Gasteiger partial charge in [-0.15, -0.1) is 0 Å². The molecule has 2 heterocycles. The molecule has 0 aliphatic heterocycles. The van der Waals surface area contributed by atoms with Crippen LogP contribution in [0.4, 0.5) is 21.0 Å². The monoisotopic (exact) mass is 399 g/mol. The maximum absolute atomic E-state index is 13.3. The van der Waals surface area contributed by atoms with Crippen LogP contribution < -0.4 is 16.4 Å². The fourth-order valence-electron chi connectivity index (χ4n) is 2.63. The summed E-state index contributed by atoms with van der Waals surface area (Å²) >= 11 is 1.04. The second kappa shape index (κ2) is 7.73. The third-order valence-corrected chi connectivity index (χ3v) is 5.19. The van der Waals surface area contributed by atoms with Crippen LogP contribution in [0.25, 0.3) is 0 Å². The molecule has 1 atom stereocenters. The van der Waals surface area contributed by atoms with Crippen LogP contribution in [0.1, 0.15) is 27.9 Å². The van der Waals surface area contributed by atoms with E-state index in [0.717, 1.165) is 11.3 Å². The number of benzene rings is 1. The molecule has 0 saturated heterocycles. The number of rotatable bonds is 6. The van der Waals surface area contributed by atoms with Crippen LogP contribution in [-0.4, -0.2) is 27.7 Å². The molecule has 3 rings (SSSR count). The lowest BCUT2D eigenvalue weighted by molar-refractivity contribution is -0.118. The molecule has 28 heavy (non-hydrogen) atoms. The van der Waals surface area contributed by atoms with Gasteiger partial charge in [-0.1, -0.05) is 11.3 Å². The van der Waals surface area contributed by atoms with Gasteiger partial charge in [-0.05, 0) is 50.2 Å². The third-order valence-electron chi connectivity index (χ3n) is 4.12. The number of amides is 1. The van der Waals surface area contributed by atoms with Gasteiger partial charge in [-0.3, -0.25) is 14.6 Å². The van der Waals surface area contributed by atoms with Crippen molar-refractivity contribution >= 4 is 39.7 Å². The number of carbonyl (C=O) groups excluding carboxylic acids is 2. The number of thiazole rings is 1. The van der Waals surface area contributed by atoms with Gasteiger partial charge < -0.3 is 16.4 Å². The van der Waals surface area contributed by atoms with Crippen molar-refractivity contribution in [1.82, 2.24) is 9.97 Å². The lowest BCUT2D eigenvalue weighted by Gasteiger charge is -2.26. The first-order valence-electron chi connectivity index (χ1n) is 8.35. The van der Waals surface area contributed by atoms with Crippen molar-refractivity contribution in [3.05, 3.63) is 64.5 Å². The zero-order valence-corrected chi connectivity index (χ0v) is 16.0.